The molecule has 1 saturated heterocycles. The zero-order chi connectivity index (χ0) is 12.7. The number of piperidine rings is 1. The van der Waals surface area contributed by atoms with Crippen LogP contribution in [-0.2, 0) is 9.53 Å². The maximum Gasteiger partial charge on any atom is 0.234 e. The van der Waals surface area contributed by atoms with Crippen LogP contribution in [0, 0.1) is 5.92 Å². The van der Waals surface area contributed by atoms with E-state index in [1.807, 2.05) is 0 Å². The Morgan fingerprint density at radius 3 is 3.00 bits per heavy atom. The summed E-state index contributed by atoms with van der Waals surface area (Å²) in [6.07, 6.45) is 1.85. The molecule has 0 spiro atoms. The standard InChI is InChI=1S/C12H25N3O2/c1-10-8-15(6-4-11(10)13)9-12(16)14-5-3-7-17-2/h10-11H,3-9,13H2,1-2H3,(H,14,16). The van der Waals surface area contributed by atoms with Gasteiger partial charge in [0.05, 0.1) is 6.54 Å². The Bertz CT molecular complexity index is 236. The topological polar surface area (TPSA) is 67.6 Å². The first kappa shape index (κ1) is 14.4. The molecule has 0 aliphatic carbocycles. The summed E-state index contributed by atoms with van der Waals surface area (Å²) in [6, 6.07) is 0.288. The number of carbonyl (C=O) groups excluding carboxylic acids is 1. The van der Waals surface area contributed by atoms with Gasteiger partial charge in [-0.3, -0.25) is 9.69 Å². The van der Waals surface area contributed by atoms with E-state index in [0.717, 1.165) is 25.9 Å². The molecular weight excluding hydrogens is 218 g/mol. The Labute approximate surface area is 104 Å². The number of nitrogens with one attached hydrogen (secondary N) is 1. The van der Waals surface area contributed by atoms with Crippen molar-refractivity contribution in [3.63, 3.8) is 0 Å². The van der Waals surface area contributed by atoms with Gasteiger partial charge in [0.15, 0.2) is 0 Å². The summed E-state index contributed by atoms with van der Waals surface area (Å²) in [4.78, 5) is 13.8. The predicted octanol–water partition coefficient (Wildman–Crippen LogP) is -0.192. The first-order valence-corrected chi connectivity index (χ1v) is 6.37. The molecule has 1 heterocycles. The van der Waals surface area contributed by atoms with E-state index in [1.54, 1.807) is 7.11 Å². The lowest BCUT2D eigenvalue weighted by atomic mass is 9.95. The fourth-order valence-electron chi connectivity index (χ4n) is 2.10. The van der Waals surface area contributed by atoms with E-state index < -0.39 is 0 Å². The lowest BCUT2D eigenvalue weighted by Crippen LogP contribution is -2.49. The van der Waals surface area contributed by atoms with E-state index in [4.69, 9.17) is 10.5 Å². The van der Waals surface area contributed by atoms with Gasteiger partial charge in [-0.2, -0.15) is 0 Å². The molecule has 5 nitrogen and oxygen atoms in total. The minimum absolute atomic E-state index is 0.101. The molecule has 1 fully saturated rings. The van der Waals surface area contributed by atoms with Crippen LogP contribution in [0.4, 0.5) is 0 Å². The monoisotopic (exact) mass is 243 g/mol. The van der Waals surface area contributed by atoms with E-state index in [0.29, 0.717) is 25.6 Å². The van der Waals surface area contributed by atoms with Crippen LogP contribution in [0.25, 0.3) is 0 Å². The van der Waals surface area contributed by atoms with Crippen LogP contribution in [0.2, 0.25) is 0 Å². The normalized spacial score (nSPS) is 25.8. The average Bonchev–Trinajstić information content (AvgIpc) is 2.30. The van der Waals surface area contributed by atoms with Gasteiger partial charge in [-0.05, 0) is 18.8 Å². The average molecular weight is 243 g/mol. The van der Waals surface area contributed by atoms with Crippen LogP contribution in [-0.4, -0.2) is 56.7 Å². The molecule has 3 N–H and O–H groups in total. The van der Waals surface area contributed by atoms with E-state index in [2.05, 4.69) is 17.1 Å². The molecule has 17 heavy (non-hydrogen) atoms. The quantitative estimate of drug-likeness (QED) is 0.634. The third-order valence-corrected chi connectivity index (χ3v) is 3.27. The summed E-state index contributed by atoms with van der Waals surface area (Å²) in [5.41, 5.74) is 5.94. The SMILES string of the molecule is COCCCNC(=O)CN1CCC(N)C(C)C1. The highest BCUT2D eigenvalue weighted by atomic mass is 16.5. The zero-order valence-corrected chi connectivity index (χ0v) is 10.9. The molecule has 1 aliphatic heterocycles. The number of nitrogens with two attached hydrogens (primary N) is 1. The molecule has 100 valence electrons. The van der Waals surface area contributed by atoms with Crippen molar-refractivity contribution in [1.29, 1.82) is 0 Å². The van der Waals surface area contributed by atoms with Crippen molar-refractivity contribution in [1.82, 2.24) is 10.2 Å². The van der Waals surface area contributed by atoms with E-state index in [-0.39, 0.29) is 11.9 Å². The number of rotatable bonds is 6. The van der Waals surface area contributed by atoms with E-state index in [9.17, 15) is 4.79 Å². The second-order valence-corrected chi connectivity index (χ2v) is 4.86. The highest BCUT2D eigenvalue weighted by molar-refractivity contribution is 5.77. The maximum absolute atomic E-state index is 11.6. The van der Waals surface area contributed by atoms with Gasteiger partial charge in [0.2, 0.25) is 5.91 Å². The van der Waals surface area contributed by atoms with Gasteiger partial charge < -0.3 is 15.8 Å². The molecule has 2 unspecified atom stereocenters. The second kappa shape index (κ2) is 7.63. The lowest BCUT2D eigenvalue weighted by molar-refractivity contribution is -0.122. The van der Waals surface area contributed by atoms with Gasteiger partial charge in [-0.15, -0.1) is 0 Å². The number of carbonyl (C=O) groups is 1. The molecule has 0 aromatic carbocycles. The largest absolute Gasteiger partial charge is 0.385 e. The number of likely N-dealkylation sites (tertiary alicyclic amines) is 1. The Morgan fingerprint density at radius 1 is 1.59 bits per heavy atom. The fraction of sp³-hybridized carbons (Fsp3) is 0.917. The van der Waals surface area contributed by atoms with Crippen LogP contribution in [0.3, 0.4) is 0 Å². The molecule has 2 atom stereocenters. The van der Waals surface area contributed by atoms with E-state index >= 15 is 0 Å². The Hall–Kier alpha value is -0.650. The van der Waals surface area contributed by atoms with Crippen molar-refractivity contribution >= 4 is 5.91 Å². The van der Waals surface area contributed by atoms with Gasteiger partial charge in [-0.1, -0.05) is 6.92 Å². The summed E-state index contributed by atoms with van der Waals surface area (Å²) in [5, 5.41) is 2.90. The lowest BCUT2D eigenvalue weighted by Gasteiger charge is -2.34. The predicted molar refractivity (Wildman–Crippen MR) is 67.7 cm³/mol. The Balaban J connectivity index is 2.14. The molecule has 0 aromatic rings. The number of hydrogen-bond donors (Lipinski definition) is 2. The molecular formula is C12H25N3O2. The summed E-state index contributed by atoms with van der Waals surface area (Å²) in [6.45, 7) is 5.87. The van der Waals surface area contributed by atoms with Gasteiger partial charge >= 0.3 is 0 Å². The number of nitrogens with zero attached hydrogens (tertiary/aromatic N) is 1. The minimum Gasteiger partial charge on any atom is -0.385 e. The molecule has 0 bridgehead atoms. The summed E-state index contributed by atoms with van der Waals surface area (Å²) >= 11 is 0. The first-order chi connectivity index (χ1) is 8.13. The van der Waals surface area contributed by atoms with Crippen LogP contribution >= 0.6 is 0 Å². The van der Waals surface area contributed by atoms with Crippen molar-refractivity contribution in [3.05, 3.63) is 0 Å². The van der Waals surface area contributed by atoms with Crippen LogP contribution in [0.15, 0.2) is 0 Å². The summed E-state index contributed by atoms with van der Waals surface area (Å²) in [5.74, 6) is 0.578. The zero-order valence-electron chi connectivity index (χ0n) is 10.9. The third kappa shape index (κ3) is 5.48. The van der Waals surface area contributed by atoms with E-state index in [1.165, 1.54) is 0 Å². The van der Waals surface area contributed by atoms with Crippen molar-refractivity contribution in [2.45, 2.75) is 25.8 Å². The Kier molecular flexibility index (Phi) is 6.47. The van der Waals surface area contributed by atoms with Crippen molar-refractivity contribution in [2.75, 3.05) is 39.9 Å². The summed E-state index contributed by atoms with van der Waals surface area (Å²) < 4.78 is 4.92. The van der Waals surface area contributed by atoms with Gasteiger partial charge in [0.1, 0.15) is 0 Å². The second-order valence-electron chi connectivity index (χ2n) is 4.86. The molecule has 0 radical (unpaired) electrons. The minimum atomic E-state index is 0.101. The number of ether oxygens (including phenoxy) is 1. The molecule has 5 heteroatoms. The highest BCUT2D eigenvalue weighted by Gasteiger charge is 2.23. The molecule has 1 aliphatic rings. The van der Waals surface area contributed by atoms with Crippen molar-refractivity contribution < 1.29 is 9.53 Å². The van der Waals surface area contributed by atoms with Gasteiger partial charge in [0.25, 0.3) is 0 Å². The van der Waals surface area contributed by atoms with Gasteiger partial charge in [0, 0.05) is 39.4 Å². The maximum atomic E-state index is 11.6. The third-order valence-electron chi connectivity index (χ3n) is 3.27. The number of amides is 1. The molecule has 1 amide bonds. The van der Waals surface area contributed by atoms with Crippen LogP contribution in [0.5, 0.6) is 0 Å². The van der Waals surface area contributed by atoms with Crippen LogP contribution < -0.4 is 11.1 Å². The fourth-order valence-corrected chi connectivity index (χ4v) is 2.10. The molecule has 0 saturated carbocycles. The number of methoxy groups -OCH3 is 1. The van der Waals surface area contributed by atoms with Crippen molar-refractivity contribution in [3.8, 4) is 0 Å². The number of hydrogen-bond acceptors (Lipinski definition) is 4. The summed E-state index contributed by atoms with van der Waals surface area (Å²) in [7, 11) is 1.67. The Morgan fingerprint density at radius 2 is 2.35 bits per heavy atom. The van der Waals surface area contributed by atoms with Crippen LogP contribution in [0.1, 0.15) is 19.8 Å². The molecule has 1 rings (SSSR count). The van der Waals surface area contributed by atoms with Gasteiger partial charge in [-0.25, -0.2) is 0 Å². The van der Waals surface area contributed by atoms with Crippen molar-refractivity contribution in [2.24, 2.45) is 11.7 Å². The molecule has 0 aromatic heterocycles. The smallest absolute Gasteiger partial charge is 0.234 e. The first-order valence-electron chi connectivity index (χ1n) is 6.37. The highest BCUT2D eigenvalue weighted by Crippen LogP contribution is 2.14.